The Kier molecular flexibility index (Phi) is 8.48. The number of aromatic nitrogens is 2. The number of benzene rings is 2. The van der Waals surface area contributed by atoms with Crippen molar-refractivity contribution in [2.45, 2.75) is 71.9 Å². The topological polar surface area (TPSA) is 88.1 Å². The molecule has 0 fully saturated rings. The SMILES string of the molecule is CCCCc1nc(C(C)CO)c(C#N)n1Cc1ccc(-c2ccccc2C(=O)OC(C)(C)C)cc1. The van der Waals surface area contributed by atoms with E-state index in [-0.39, 0.29) is 18.5 Å². The first-order valence-electron chi connectivity index (χ1n) is 12.2. The molecule has 6 nitrogen and oxygen atoms in total. The number of aryl methyl sites for hydroxylation is 1. The number of imidazole rings is 1. The summed E-state index contributed by atoms with van der Waals surface area (Å²) in [4.78, 5) is 17.5. The van der Waals surface area contributed by atoms with Crippen LogP contribution in [0.1, 0.15) is 86.5 Å². The largest absolute Gasteiger partial charge is 0.456 e. The van der Waals surface area contributed by atoms with Gasteiger partial charge in [0, 0.05) is 18.9 Å². The van der Waals surface area contributed by atoms with E-state index in [4.69, 9.17) is 9.72 Å². The lowest BCUT2D eigenvalue weighted by molar-refractivity contribution is 0.00704. The normalized spacial score (nSPS) is 12.3. The first-order chi connectivity index (χ1) is 16.7. The Morgan fingerprint density at radius 3 is 2.46 bits per heavy atom. The van der Waals surface area contributed by atoms with Crippen molar-refractivity contribution >= 4 is 5.97 Å². The van der Waals surface area contributed by atoms with Crippen molar-refractivity contribution in [1.82, 2.24) is 9.55 Å². The van der Waals surface area contributed by atoms with E-state index in [9.17, 15) is 15.2 Å². The van der Waals surface area contributed by atoms with Crippen LogP contribution in [0.3, 0.4) is 0 Å². The van der Waals surface area contributed by atoms with Crippen LogP contribution >= 0.6 is 0 Å². The molecule has 1 aromatic heterocycles. The van der Waals surface area contributed by atoms with Crippen LogP contribution in [0.5, 0.6) is 0 Å². The molecule has 0 radical (unpaired) electrons. The molecule has 2 aromatic carbocycles. The summed E-state index contributed by atoms with van der Waals surface area (Å²) in [5.74, 6) is 0.330. The number of carbonyl (C=O) groups excluding carboxylic acids is 1. The van der Waals surface area contributed by atoms with Gasteiger partial charge >= 0.3 is 5.97 Å². The zero-order valence-corrected chi connectivity index (χ0v) is 21.3. The summed E-state index contributed by atoms with van der Waals surface area (Å²) in [5.41, 5.74) is 3.89. The van der Waals surface area contributed by atoms with Crippen LogP contribution < -0.4 is 0 Å². The third-order valence-corrected chi connectivity index (χ3v) is 5.83. The number of unbranched alkanes of at least 4 members (excludes halogenated alkanes) is 1. The Morgan fingerprint density at radius 1 is 1.17 bits per heavy atom. The van der Waals surface area contributed by atoms with Gasteiger partial charge in [0.15, 0.2) is 0 Å². The minimum absolute atomic E-state index is 0.0509. The second kappa shape index (κ2) is 11.3. The highest BCUT2D eigenvalue weighted by Gasteiger charge is 2.22. The lowest BCUT2D eigenvalue weighted by atomic mass is 9.98. The summed E-state index contributed by atoms with van der Waals surface area (Å²) < 4.78 is 7.57. The molecule has 1 N–H and O–H groups in total. The van der Waals surface area contributed by atoms with Crippen LogP contribution in [0.4, 0.5) is 0 Å². The Balaban J connectivity index is 1.92. The highest BCUT2D eigenvalue weighted by molar-refractivity contribution is 5.97. The lowest BCUT2D eigenvalue weighted by Gasteiger charge is -2.20. The van der Waals surface area contributed by atoms with E-state index in [1.165, 1.54) is 0 Å². The van der Waals surface area contributed by atoms with Gasteiger partial charge in [0.25, 0.3) is 0 Å². The van der Waals surface area contributed by atoms with E-state index < -0.39 is 5.60 Å². The number of rotatable bonds is 9. The molecule has 1 heterocycles. The number of hydrogen-bond donors (Lipinski definition) is 1. The zero-order chi connectivity index (χ0) is 25.6. The maximum atomic E-state index is 12.8. The van der Waals surface area contributed by atoms with Crippen molar-refractivity contribution in [2.24, 2.45) is 0 Å². The molecule has 1 atom stereocenters. The minimum Gasteiger partial charge on any atom is -0.456 e. The molecule has 0 aliphatic heterocycles. The number of aliphatic hydroxyl groups is 1. The average molecular weight is 474 g/mol. The fraction of sp³-hybridized carbons (Fsp3) is 0.414. The molecule has 0 aliphatic carbocycles. The third-order valence-electron chi connectivity index (χ3n) is 5.83. The zero-order valence-electron chi connectivity index (χ0n) is 21.3. The van der Waals surface area contributed by atoms with Crippen LogP contribution in [0.25, 0.3) is 11.1 Å². The van der Waals surface area contributed by atoms with Crippen LogP contribution in [-0.4, -0.2) is 32.8 Å². The van der Waals surface area contributed by atoms with E-state index >= 15 is 0 Å². The Bertz CT molecular complexity index is 1200. The predicted octanol–water partition coefficient (Wildman–Crippen LogP) is 5.86. The minimum atomic E-state index is -0.570. The van der Waals surface area contributed by atoms with Gasteiger partial charge < -0.3 is 14.4 Å². The monoisotopic (exact) mass is 473 g/mol. The first-order valence-corrected chi connectivity index (χ1v) is 12.2. The highest BCUT2D eigenvalue weighted by Crippen LogP contribution is 2.27. The molecule has 6 heteroatoms. The Morgan fingerprint density at radius 2 is 1.86 bits per heavy atom. The molecule has 184 valence electrons. The van der Waals surface area contributed by atoms with Gasteiger partial charge in [0.2, 0.25) is 0 Å². The van der Waals surface area contributed by atoms with Crippen LogP contribution in [0, 0.1) is 11.3 Å². The van der Waals surface area contributed by atoms with E-state index in [1.54, 1.807) is 6.07 Å². The van der Waals surface area contributed by atoms with E-state index in [0.29, 0.717) is 23.5 Å². The summed E-state index contributed by atoms with van der Waals surface area (Å²) >= 11 is 0. The van der Waals surface area contributed by atoms with Crippen LogP contribution in [0.15, 0.2) is 48.5 Å². The van der Waals surface area contributed by atoms with E-state index in [1.807, 2.05) is 74.7 Å². The van der Waals surface area contributed by atoms with Crippen molar-refractivity contribution in [1.29, 1.82) is 5.26 Å². The summed E-state index contributed by atoms with van der Waals surface area (Å²) in [6.07, 6.45) is 2.80. The maximum absolute atomic E-state index is 12.8. The fourth-order valence-electron chi connectivity index (χ4n) is 3.98. The number of hydrogen-bond acceptors (Lipinski definition) is 5. The van der Waals surface area contributed by atoms with Gasteiger partial charge in [-0.2, -0.15) is 5.26 Å². The molecule has 0 amide bonds. The average Bonchev–Trinajstić information content (AvgIpc) is 3.18. The van der Waals surface area contributed by atoms with Crippen LogP contribution in [0.2, 0.25) is 0 Å². The first kappa shape index (κ1) is 26.2. The smallest absolute Gasteiger partial charge is 0.339 e. The molecule has 0 bridgehead atoms. The van der Waals surface area contributed by atoms with E-state index in [2.05, 4.69) is 13.0 Å². The molecule has 1 unspecified atom stereocenters. The quantitative estimate of drug-likeness (QED) is 0.393. The second-order valence-electron chi connectivity index (χ2n) is 9.89. The molecule has 3 aromatic rings. The van der Waals surface area contributed by atoms with Crippen molar-refractivity contribution in [3.8, 4) is 17.2 Å². The number of aliphatic hydroxyl groups excluding tert-OH is 1. The molecule has 3 rings (SSSR count). The number of ether oxygens (including phenoxy) is 1. The molecule has 0 spiro atoms. The molecular weight excluding hydrogens is 438 g/mol. The van der Waals surface area contributed by atoms with Crippen LogP contribution in [-0.2, 0) is 17.7 Å². The summed E-state index contributed by atoms with van der Waals surface area (Å²) in [5, 5.41) is 19.5. The number of esters is 1. The highest BCUT2D eigenvalue weighted by atomic mass is 16.6. The second-order valence-corrected chi connectivity index (χ2v) is 9.89. The number of nitrogens with zero attached hydrogens (tertiary/aromatic N) is 3. The van der Waals surface area contributed by atoms with Gasteiger partial charge in [-0.15, -0.1) is 0 Å². The molecule has 0 aliphatic rings. The Labute approximate surface area is 208 Å². The van der Waals surface area contributed by atoms with Gasteiger partial charge in [-0.25, -0.2) is 9.78 Å². The summed E-state index contributed by atoms with van der Waals surface area (Å²) in [7, 11) is 0. The predicted molar refractivity (Wildman–Crippen MR) is 137 cm³/mol. The standard InChI is InChI=1S/C29H35N3O3/c1-6-7-12-26-31-27(20(2)19-33)25(17-30)32(26)18-21-13-15-22(16-14-21)23-10-8-9-11-24(23)28(34)35-29(3,4)5/h8-11,13-16,20,33H,6-7,12,18-19H2,1-5H3. The van der Waals surface area contributed by atoms with E-state index in [0.717, 1.165) is 41.8 Å². The number of nitriles is 1. The fourth-order valence-corrected chi connectivity index (χ4v) is 3.98. The summed E-state index contributed by atoms with van der Waals surface area (Å²) in [6, 6.07) is 17.8. The third kappa shape index (κ3) is 6.37. The van der Waals surface area contributed by atoms with Gasteiger partial charge in [-0.3, -0.25) is 0 Å². The molecule has 35 heavy (non-hydrogen) atoms. The molecule has 0 saturated heterocycles. The molecule has 0 saturated carbocycles. The van der Waals surface area contributed by atoms with Crippen molar-refractivity contribution in [3.05, 3.63) is 76.9 Å². The Hall–Kier alpha value is -3.43. The van der Waals surface area contributed by atoms with Crippen molar-refractivity contribution in [2.75, 3.05) is 6.61 Å². The molecular formula is C29H35N3O3. The van der Waals surface area contributed by atoms with Gasteiger partial charge in [0.1, 0.15) is 23.2 Å². The van der Waals surface area contributed by atoms with Gasteiger partial charge in [-0.05, 0) is 49.9 Å². The van der Waals surface area contributed by atoms with Crippen molar-refractivity contribution in [3.63, 3.8) is 0 Å². The lowest BCUT2D eigenvalue weighted by Crippen LogP contribution is -2.24. The van der Waals surface area contributed by atoms with Gasteiger partial charge in [0.05, 0.1) is 17.9 Å². The number of carbonyl (C=O) groups is 1. The maximum Gasteiger partial charge on any atom is 0.339 e. The summed E-state index contributed by atoms with van der Waals surface area (Å²) in [6.45, 7) is 10.0. The van der Waals surface area contributed by atoms with Gasteiger partial charge in [-0.1, -0.05) is 62.7 Å². The van der Waals surface area contributed by atoms with Crippen molar-refractivity contribution < 1.29 is 14.6 Å².